The summed E-state index contributed by atoms with van der Waals surface area (Å²) in [5.74, 6) is -1.08. The van der Waals surface area contributed by atoms with Gasteiger partial charge in [-0.25, -0.2) is 0 Å². The summed E-state index contributed by atoms with van der Waals surface area (Å²) in [5, 5.41) is 1.86. The van der Waals surface area contributed by atoms with Crippen LogP contribution in [-0.4, -0.2) is 42.0 Å². The van der Waals surface area contributed by atoms with Crippen molar-refractivity contribution in [1.29, 1.82) is 0 Å². The fourth-order valence-corrected chi connectivity index (χ4v) is 2.99. The van der Waals surface area contributed by atoms with Gasteiger partial charge in [0.2, 0.25) is 5.91 Å². The monoisotopic (exact) mass is 426 g/mol. The third kappa shape index (κ3) is 4.11. The smallest absolute Gasteiger partial charge is 0.345 e. The van der Waals surface area contributed by atoms with Gasteiger partial charge in [-0.05, 0) is 47.6 Å². The third-order valence-corrected chi connectivity index (χ3v) is 4.32. The largest absolute Gasteiger partial charge is 0.405 e. The van der Waals surface area contributed by atoms with E-state index in [2.05, 4.69) is 0 Å². The lowest BCUT2D eigenvalue weighted by Gasteiger charge is -2.24. The number of nitrogens with zero attached hydrogens (tertiary/aromatic N) is 1. The first-order chi connectivity index (χ1) is 10.3. The molecule has 0 spiro atoms. The Balaban J connectivity index is 2.09. The van der Waals surface area contributed by atoms with Gasteiger partial charge in [0, 0.05) is 10.1 Å². The molecule has 2 rings (SSSR count). The van der Waals surface area contributed by atoms with Crippen molar-refractivity contribution in [2.45, 2.75) is 25.1 Å². The van der Waals surface area contributed by atoms with E-state index in [0.717, 1.165) is 3.57 Å². The van der Waals surface area contributed by atoms with E-state index in [1.54, 1.807) is 24.3 Å². The van der Waals surface area contributed by atoms with Crippen LogP contribution in [0.4, 0.5) is 13.2 Å². The Labute approximate surface area is 139 Å². The normalized spacial score (nSPS) is 18.4. The zero-order valence-electron chi connectivity index (χ0n) is 11.5. The van der Waals surface area contributed by atoms with Gasteiger partial charge in [-0.1, -0.05) is 12.1 Å². The van der Waals surface area contributed by atoms with Crippen molar-refractivity contribution in [3.05, 3.63) is 33.4 Å². The number of amides is 2. The second kappa shape index (κ2) is 6.84. The number of likely N-dealkylation sites (tertiary alicyclic amines) is 1. The summed E-state index contributed by atoms with van der Waals surface area (Å²) in [6.07, 6.45) is -3.49. The summed E-state index contributed by atoms with van der Waals surface area (Å²) in [6, 6.07) is 6.07. The van der Waals surface area contributed by atoms with Crippen LogP contribution in [0.15, 0.2) is 24.3 Å². The van der Waals surface area contributed by atoms with Gasteiger partial charge in [0.15, 0.2) is 0 Å². The fourth-order valence-electron chi connectivity index (χ4n) is 2.38. The van der Waals surface area contributed by atoms with Crippen molar-refractivity contribution < 1.29 is 22.8 Å². The first-order valence-corrected chi connectivity index (χ1v) is 7.77. The van der Waals surface area contributed by atoms with Gasteiger partial charge in [-0.2, -0.15) is 13.2 Å². The summed E-state index contributed by atoms with van der Waals surface area (Å²) in [5.41, 5.74) is 0.457. The van der Waals surface area contributed by atoms with Crippen LogP contribution in [0.1, 0.15) is 23.2 Å². The van der Waals surface area contributed by atoms with Gasteiger partial charge in [-0.15, -0.1) is 0 Å². The minimum absolute atomic E-state index is 0.324. The molecule has 8 heteroatoms. The molecule has 1 aliphatic heterocycles. The minimum Gasteiger partial charge on any atom is -0.345 e. The van der Waals surface area contributed by atoms with Crippen molar-refractivity contribution in [2.75, 3.05) is 13.1 Å². The van der Waals surface area contributed by atoms with E-state index in [-0.39, 0.29) is 5.91 Å². The van der Waals surface area contributed by atoms with Gasteiger partial charge in [0.25, 0.3) is 5.91 Å². The van der Waals surface area contributed by atoms with E-state index in [1.165, 1.54) is 4.90 Å². The molecule has 4 nitrogen and oxygen atoms in total. The minimum atomic E-state index is -4.46. The molecule has 1 aromatic carbocycles. The molecule has 0 aliphatic carbocycles. The van der Waals surface area contributed by atoms with Gasteiger partial charge in [-0.3, -0.25) is 9.59 Å². The Morgan fingerprint density at radius 3 is 2.64 bits per heavy atom. The fraction of sp³-hybridized carbons (Fsp3) is 0.429. The number of rotatable bonds is 3. The molecule has 0 bridgehead atoms. The highest BCUT2D eigenvalue weighted by Crippen LogP contribution is 2.23. The summed E-state index contributed by atoms with van der Waals surface area (Å²) < 4.78 is 37.3. The average Bonchev–Trinajstić information content (AvgIpc) is 2.93. The van der Waals surface area contributed by atoms with Gasteiger partial charge in [0.05, 0.1) is 5.56 Å². The lowest BCUT2D eigenvalue weighted by atomic mass is 10.1. The first-order valence-electron chi connectivity index (χ1n) is 6.69. The van der Waals surface area contributed by atoms with Crippen molar-refractivity contribution in [2.24, 2.45) is 0 Å². The second-order valence-electron chi connectivity index (χ2n) is 4.97. The lowest BCUT2D eigenvalue weighted by molar-refractivity contribution is -0.140. The zero-order chi connectivity index (χ0) is 16.3. The van der Waals surface area contributed by atoms with Crippen molar-refractivity contribution in [1.82, 2.24) is 10.2 Å². The van der Waals surface area contributed by atoms with Gasteiger partial charge >= 0.3 is 6.18 Å². The van der Waals surface area contributed by atoms with Crippen LogP contribution in [0.3, 0.4) is 0 Å². The summed E-state index contributed by atoms with van der Waals surface area (Å²) in [7, 11) is 0. The summed E-state index contributed by atoms with van der Waals surface area (Å²) in [4.78, 5) is 25.8. The molecule has 1 fully saturated rings. The molecule has 0 radical (unpaired) electrons. The number of benzene rings is 1. The quantitative estimate of drug-likeness (QED) is 0.756. The molecule has 0 saturated carbocycles. The molecular weight excluding hydrogens is 412 g/mol. The van der Waals surface area contributed by atoms with Crippen molar-refractivity contribution >= 4 is 34.4 Å². The van der Waals surface area contributed by atoms with Gasteiger partial charge in [0.1, 0.15) is 12.6 Å². The Kier molecular flexibility index (Phi) is 5.30. The standard InChI is InChI=1S/C14H14F3IN2O2/c15-14(16,17)8-19-12(21)11-6-3-7-20(11)13(22)9-4-1-2-5-10(9)18/h1-2,4-5,11H,3,6-8H2,(H,19,21). The van der Waals surface area contributed by atoms with Crippen LogP contribution < -0.4 is 5.32 Å². The molecule has 1 aliphatic rings. The van der Waals surface area contributed by atoms with Crippen LogP contribution in [0.25, 0.3) is 0 Å². The molecule has 120 valence electrons. The molecule has 1 heterocycles. The predicted octanol–water partition coefficient (Wildman–Crippen LogP) is 2.57. The number of halogens is 4. The Morgan fingerprint density at radius 1 is 1.32 bits per heavy atom. The highest BCUT2D eigenvalue weighted by Gasteiger charge is 2.36. The van der Waals surface area contributed by atoms with E-state index in [9.17, 15) is 22.8 Å². The van der Waals surface area contributed by atoms with E-state index in [1.807, 2.05) is 27.9 Å². The Hall–Kier alpha value is -1.32. The van der Waals surface area contributed by atoms with Crippen LogP contribution in [0, 0.1) is 3.57 Å². The number of hydrogen-bond acceptors (Lipinski definition) is 2. The molecule has 1 unspecified atom stereocenters. The summed E-state index contributed by atoms with van der Waals surface area (Å²) in [6.45, 7) is -1.01. The Bertz CT molecular complexity index is 577. The average molecular weight is 426 g/mol. The zero-order valence-corrected chi connectivity index (χ0v) is 13.6. The van der Waals surface area contributed by atoms with Crippen molar-refractivity contribution in [3.8, 4) is 0 Å². The molecule has 0 aromatic heterocycles. The number of alkyl halides is 3. The maximum Gasteiger partial charge on any atom is 0.405 e. The van der Waals surface area contributed by atoms with E-state index in [0.29, 0.717) is 24.9 Å². The Morgan fingerprint density at radius 2 is 2.00 bits per heavy atom. The predicted molar refractivity (Wildman–Crippen MR) is 82.3 cm³/mol. The van der Waals surface area contributed by atoms with Crippen molar-refractivity contribution in [3.63, 3.8) is 0 Å². The number of carbonyl (C=O) groups is 2. The number of hydrogen-bond donors (Lipinski definition) is 1. The molecule has 1 atom stereocenters. The highest BCUT2D eigenvalue weighted by molar-refractivity contribution is 14.1. The topological polar surface area (TPSA) is 49.4 Å². The molecule has 2 amide bonds. The maximum atomic E-state index is 12.5. The first kappa shape index (κ1) is 17.0. The van der Waals surface area contributed by atoms with E-state index < -0.39 is 24.7 Å². The van der Waals surface area contributed by atoms with Gasteiger partial charge < -0.3 is 10.2 Å². The molecule has 1 N–H and O–H groups in total. The lowest BCUT2D eigenvalue weighted by Crippen LogP contribution is -2.48. The molecular formula is C14H14F3IN2O2. The van der Waals surface area contributed by atoms with E-state index in [4.69, 9.17) is 0 Å². The second-order valence-corrected chi connectivity index (χ2v) is 6.13. The van der Waals surface area contributed by atoms with Crippen LogP contribution >= 0.6 is 22.6 Å². The SMILES string of the molecule is O=C(NCC(F)(F)F)C1CCCN1C(=O)c1ccccc1I. The van der Waals surface area contributed by atoms with Crippen LogP contribution in [0.2, 0.25) is 0 Å². The van der Waals surface area contributed by atoms with Crippen LogP contribution in [0.5, 0.6) is 0 Å². The highest BCUT2D eigenvalue weighted by atomic mass is 127. The summed E-state index contributed by atoms with van der Waals surface area (Å²) >= 11 is 2.02. The third-order valence-electron chi connectivity index (χ3n) is 3.38. The molecule has 1 aromatic rings. The molecule has 1 saturated heterocycles. The van der Waals surface area contributed by atoms with Crippen LogP contribution in [-0.2, 0) is 4.79 Å². The maximum absolute atomic E-state index is 12.5. The number of nitrogens with one attached hydrogen (secondary N) is 1. The number of carbonyl (C=O) groups excluding carboxylic acids is 2. The molecule has 22 heavy (non-hydrogen) atoms. The van der Waals surface area contributed by atoms with E-state index >= 15 is 0 Å².